The molecule has 32 valence electrons. The zero-order valence-electron chi connectivity index (χ0n) is 3.80. The van der Waals surface area contributed by atoms with Crippen molar-refractivity contribution in [2.24, 2.45) is 10.2 Å². The van der Waals surface area contributed by atoms with Gasteiger partial charge in [-0.3, -0.25) is 4.79 Å². The fourth-order valence-corrected chi connectivity index (χ4v) is 0.141. The van der Waals surface area contributed by atoms with E-state index in [0.717, 1.165) is 0 Å². The van der Waals surface area contributed by atoms with Gasteiger partial charge in [0.1, 0.15) is 0 Å². The van der Waals surface area contributed by atoms with Gasteiger partial charge in [0, 0.05) is 7.05 Å². The molecule has 0 aliphatic carbocycles. The van der Waals surface area contributed by atoms with Gasteiger partial charge in [0.05, 0.1) is 0 Å². The molecule has 0 aliphatic rings. The van der Waals surface area contributed by atoms with E-state index in [0.29, 0.717) is 0 Å². The van der Waals surface area contributed by atoms with Crippen LogP contribution in [-0.4, -0.2) is 20.7 Å². The predicted octanol–water partition coefficient (Wildman–Crippen LogP) is -0.178. The first kappa shape index (κ1) is 5.33. The maximum atomic E-state index is 9.78. The lowest BCUT2D eigenvalue weighted by atomic mass is 10.1. The largest absolute Gasteiger partial charge is 0.284 e. The van der Waals surface area contributed by atoms with Gasteiger partial charge in [-0.2, -0.15) is 5.11 Å². The van der Waals surface area contributed by atoms with Gasteiger partial charge < -0.3 is 0 Å². The summed E-state index contributed by atoms with van der Waals surface area (Å²) >= 11 is 0. The lowest BCUT2D eigenvalue weighted by molar-refractivity contribution is 0.265. The van der Waals surface area contributed by atoms with Gasteiger partial charge in [-0.15, -0.1) is 5.11 Å². The fraction of sp³-hybridized carbons (Fsp3) is 0.500. The van der Waals surface area contributed by atoms with Crippen molar-refractivity contribution in [1.82, 2.24) is 0 Å². The Bertz CT molecular complexity index is 79.6. The summed E-state index contributed by atoms with van der Waals surface area (Å²) in [6, 6.07) is 0. The highest BCUT2D eigenvalue weighted by atomic mass is 16.1. The molecule has 0 heterocycles. The van der Waals surface area contributed by atoms with Crippen LogP contribution in [0.3, 0.4) is 0 Å². The molecule has 0 aromatic rings. The Labute approximate surface area is 36.9 Å². The molecule has 3 nitrogen and oxygen atoms in total. The van der Waals surface area contributed by atoms with E-state index in [1.54, 1.807) is 0 Å². The van der Waals surface area contributed by atoms with Crippen LogP contribution in [0.1, 0.15) is 0 Å². The number of carbonyl (C=O) groups is 1. The van der Waals surface area contributed by atoms with E-state index < -0.39 is 0 Å². The second kappa shape index (κ2) is 2.57. The number of nitrogens with zero attached hydrogens (tertiary/aromatic N) is 2. The van der Waals surface area contributed by atoms with Crippen LogP contribution in [0.2, 0.25) is 0 Å². The van der Waals surface area contributed by atoms with Gasteiger partial charge in [0.2, 0.25) is 13.7 Å². The third-order valence-corrected chi connectivity index (χ3v) is 0.241. The molecule has 0 N–H and O–H groups in total. The summed E-state index contributed by atoms with van der Waals surface area (Å²) in [5.74, 6) is -0.252. The summed E-state index contributed by atoms with van der Waals surface area (Å²) in [7, 11) is 2.81. The second-order valence-electron chi connectivity index (χ2n) is 0.819. The smallest absolute Gasteiger partial charge is 0.221 e. The van der Waals surface area contributed by atoms with Gasteiger partial charge in [-0.25, -0.2) is 0 Å². The van der Waals surface area contributed by atoms with Gasteiger partial charge >= 0.3 is 0 Å². The number of carbonyl (C=O) groups excluding carboxylic acids is 1. The molecule has 0 radical (unpaired) electrons. The first-order valence-electron chi connectivity index (χ1n) is 1.57. The molecule has 0 aromatic carbocycles. The zero-order valence-corrected chi connectivity index (χ0v) is 3.80. The van der Waals surface area contributed by atoms with Crippen molar-refractivity contribution in [3.8, 4) is 0 Å². The van der Waals surface area contributed by atoms with Crippen molar-refractivity contribution in [3.63, 3.8) is 0 Å². The molecule has 0 fully saturated rings. The Kier molecular flexibility index (Phi) is 2.28. The number of azo groups is 1. The van der Waals surface area contributed by atoms with Crippen molar-refractivity contribution >= 4 is 13.7 Å². The molecule has 0 saturated carbocycles. The summed E-state index contributed by atoms with van der Waals surface area (Å²) in [5, 5.41) is 6.32. The van der Waals surface area contributed by atoms with E-state index in [4.69, 9.17) is 0 Å². The first-order chi connectivity index (χ1) is 2.77. The zero-order chi connectivity index (χ0) is 4.99. The molecule has 0 bridgehead atoms. The first-order valence-corrected chi connectivity index (χ1v) is 1.57. The van der Waals surface area contributed by atoms with Crippen molar-refractivity contribution in [2.45, 2.75) is 0 Å². The molecule has 0 atom stereocenters. The Morgan fingerprint density at radius 2 is 2.33 bits per heavy atom. The molecule has 0 unspecified atom stereocenters. The third kappa shape index (κ3) is 3.33. The Balaban J connectivity index is 3.30. The fourth-order valence-electron chi connectivity index (χ4n) is 0.141. The average Bonchev–Trinajstić information content (AvgIpc) is 1.35. The molecular weight excluding hydrogens is 78.8 g/mol. The van der Waals surface area contributed by atoms with Crippen molar-refractivity contribution < 1.29 is 4.79 Å². The van der Waals surface area contributed by atoms with E-state index in [2.05, 4.69) is 10.2 Å². The van der Waals surface area contributed by atoms with Crippen molar-refractivity contribution in [2.75, 3.05) is 7.05 Å². The molecule has 6 heavy (non-hydrogen) atoms. The lowest BCUT2D eigenvalue weighted by Gasteiger charge is -1.68. The monoisotopic (exact) mass is 84.0 g/mol. The topological polar surface area (TPSA) is 41.8 Å². The van der Waals surface area contributed by atoms with E-state index >= 15 is 0 Å². The maximum Gasteiger partial charge on any atom is 0.221 e. The van der Waals surface area contributed by atoms with Gasteiger partial charge in [-0.05, 0) is 0 Å². The number of hydrogen-bond donors (Lipinski definition) is 0. The molecule has 4 heteroatoms. The average molecular weight is 83.9 g/mol. The minimum atomic E-state index is -0.252. The highest BCUT2D eigenvalue weighted by molar-refractivity contribution is 6.57. The van der Waals surface area contributed by atoms with Gasteiger partial charge in [0.25, 0.3) is 0 Å². The van der Waals surface area contributed by atoms with Crippen LogP contribution >= 0.6 is 0 Å². The van der Waals surface area contributed by atoms with E-state index in [1.807, 2.05) is 0 Å². The lowest BCUT2D eigenvalue weighted by Crippen LogP contribution is -1.81. The second-order valence-corrected chi connectivity index (χ2v) is 0.819. The molecular formula is C2H5BN2O. The van der Waals surface area contributed by atoms with Crippen molar-refractivity contribution in [1.29, 1.82) is 0 Å². The van der Waals surface area contributed by atoms with Gasteiger partial charge in [0.15, 0.2) is 0 Å². The maximum absolute atomic E-state index is 9.78. The summed E-state index contributed by atoms with van der Waals surface area (Å²) in [6.07, 6.45) is 0. The number of rotatable bonds is 0. The SMILES string of the molecule is BC(=O)/N=N/C. The predicted molar refractivity (Wildman–Crippen MR) is 24.7 cm³/mol. The standard InChI is InChI=1S/C2H5BN2O/c1-4-5-2(3)6/h3H2,1H3/b5-4+. The molecule has 1 amide bonds. The third-order valence-electron chi connectivity index (χ3n) is 0.241. The minimum Gasteiger partial charge on any atom is -0.284 e. The van der Waals surface area contributed by atoms with Gasteiger partial charge in [-0.1, -0.05) is 0 Å². The van der Waals surface area contributed by atoms with Crippen LogP contribution in [0.5, 0.6) is 0 Å². The summed E-state index contributed by atoms with van der Waals surface area (Å²) in [5.41, 5.74) is 0. The molecule has 0 rings (SSSR count). The van der Waals surface area contributed by atoms with E-state index in [-0.39, 0.29) is 5.81 Å². The minimum absolute atomic E-state index is 0.252. The summed E-state index contributed by atoms with van der Waals surface area (Å²) < 4.78 is 0. The highest BCUT2D eigenvalue weighted by Gasteiger charge is 1.76. The number of amides is 1. The van der Waals surface area contributed by atoms with Crippen LogP contribution in [0.15, 0.2) is 10.2 Å². The van der Waals surface area contributed by atoms with E-state index in [9.17, 15) is 4.79 Å². The number of hydrogen-bond acceptors (Lipinski definition) is 2. The van der Waals surface area contributed by atoms with Crippen LogP contribution in [0, 0.1) is 0 Å². The Morgan fingerprint density at radius 1 is 1.83 bits per heavy atom. The molecule has 0 aliphatic heterocycles. The van der Waals surface area contributed by atoms with Crippen LogP contribution in [0.4, 0.5) is 4.79 Å². The molecule has 0 spiro atoms. The van der Waals surface area contributed by atoms with Crippen LogP contribution in [0.25, 0.3) is 0 Å². The summed E-state index contributed by atoms with van der Waals surface area (Å²) in [6.45, 7) is 0. The quantitative estimate of drug-likeness (QED) is 0.296. The Hall–Kier alpha value is -0.665. The van der Waals surface area contributed by atoms with Crippen LogP contribution in [-0.2, 0) is 0 Å². The van der Waals surface area contributed by atoms with Crippen LogP contribution < -0.4 is 0 Å². The molecule has 0 saturated heterocycles. The normalized spacial score (nSPS) is 9.50. The van der Waals surface area contributed by atoms with Crippen molar-refractivity contribution in [3.05, 3.63) is 0 Å². The molecule has 0 aromatic heterocycles. The Morgan fingerprint density at radius 3 is 2.33 bits per heavy atom. The highest BCUT2D eigenvalue weighted by Crippen LogP contribution is 1.67. The summed E-state index contributed by atoms with van der Waals surface area (Å²) in [4.78, 5) is 9.78. The van der Waals surface area contributed by atoms with E-state index in [1.165, 1.54) is 14.9 Å².